The topological polar surface area (TPSA) is 63.6 Å². The van der Waals surface area contributed by atoms with Gasteiger partial charge in [-0.1, -0.05) is 30.3 Å². The summed E-state index contributed by atoms with van der Waals surface area (Å²) in [5.41, 5.74) is 3.01. The van der Waals surface area contributed by atoms with E-state index in [4.69, 9.17) is 24.4 Å². The second-order valence-electron chi connectivity index (χ2n) is 9.48. The summed E-state index contributed by atoms with van der Waals surface area (Å²) in [6.07, 6.45) is 7.13. The van der Waals surface area contributed by atoms with E-state index in [0.29, 0.717) is 24.3 Å². The molecule has 32 heavy (non-hydrogen) atoms. The van der Waals surface area contributed by atoms with Crippen molar-refractivity contribution in [1.29, 1.82) is 0 Å². The summed E-state index contributed by atoms with van der Waals surface area (Å²) in [5.74, 6) is 1.84. The third-order valence-electron chi connectivity index (χ3n) is 7.52. The Morgan fingerprint density at radius 2 is 1.53 bits per heavy atom. The van der Waals surface area contributed by atoms with E-state index in [1.807, 2.05) is 24.4 Å². The third kappa shape index (κ3) is 3.06. The van der Waals surface area contributed by atoms with E-state index in [0.717, 1.165) is 85.9 Å². The Kier molecular flexibility index (Phi) is 4.33. The number of fused-ring (bicyclic) bond motifs is 7. The van der Waals surface area contributed by atoms with Crippen molar-refractivity contribution < 1.29 is 9.47 Å². The van der Waals surface area contributed by atoms with Crippen LogP contribution in [0.4, 0.5) is 11.8 Å². The number of anilines is 2. The second kappa shape index (κ2) is 7.39. The van der Waals surface area contributed by atoms with E-state index in [9.17, 15) is 0 Å². The number of nitrogens with zero attached hydrogens (tertiary/aromatic N) is 5. The number of hydrogen-bond donors (Lipinski definition) is 0. The number of piperidine rings is 2. The molecule has 9 rings (SSSR count). The first-order chi connectivity index (χ1) is 15.8. The van der Waals surface area contributed by atoms with E-state index < -0.39 is 0 Å². The van der Waals surface area contributed by atoms with E-state index in [-0.39, 0.29) is 0 Å². The first-order valence-electron chi connectivity index (χ1n) is 11.8. The van der Waals surface area contributed by atoms with Gasteiger partial charge in [0.25, 0.3) is 0 Å². The molecule has 3 aromatic rings. The first-order valence-corrected chi connectivity index (χ1v) is 11.8. The Labute approximate surface area is 187 Å². The molecule has 0 saturated carbocycles. The SMILES string of the molecule is c1ccc(-c2cc3nc(N4CC5CCC4CO5)nc(N4CC5CCC4CO5)c3cn2)cc1. The third-order valence-corrected chi connectivity index (χ3v) is 7.52. The fourth-order valence-electron chi connectivity index (χ4n) is 5.72. The molecule has 6 aliphatic heterocycles. The van der Waals surface area contributed by atoms with Crippen LogP contribution in [0.5, 0.6) is 0 Å². The summed E-state index contributed by atoms with van der Waals surface area (Å²) in [4.78, 5) is 19.9. The molecule has 2 aromatic heterocycles. The quantitative estimate of drug-likeness (QED) is 0.632. The number of benzene rings is 1. The van der Waals surface area contributed by atoms with Crippen LogP contribution < -0.4 is 9.80 Å². The van der Waals surface area contributed by atoms with Crippen LogP contribution in [0.3, 0.4) is 0 Å². The van der Waals surface area contributed by atoms with Gasteiger partial charge in [-0.15, -0.1) is 0 Å². The molecule has 4 bridgehead atoms. The lowest BCUT2D eigenvalue weighted by atomic mass is 9.96. The molecule has 7 heteroatoms. The lowest BCUT2D eigenvalue weighted by Crippen LogP contribution is -2.56. The van der Waals surface area contributed by atoms with Crippen LogP contribution >= 0.6 is 0 Å². The van der Waals surface area contributed by atoms with Gasteiger partial charge in [0, 0.05) is 24.8 Å². The van der Waals surface area contributed by atoms with Crippen molar-refractivity contribution in [3.8, 4) is 11.3 Å². The average molecular weight is 430 g/mol. The van der Waals surface area contributed by atoms with Gasteiger partial charge in [-0.3, -0.25) is 4.98 Å². The van der Waals surface area contributed by atoms with Crippen molar-refractivity contribution >= 4 is 22.7 Å². The maximum absolute atomic E-state index is 5.98. The molecule has 6 fully saturated rings. The zero-order chi connectivity index (χ0) is 21.1. The molecule has 0 amide bonds. The maximum atomic E-state index is 5.98. The highest BCUT2D eigenvalue weighted by Gasteiger charge is 2.39. The van der Waals surface area contributed by atoms with Gasteiger partial charge >= 0.3 is 0 Å². The molecule has 0 spiro atoms. The minimum Gasteiger partial charge on any atom is -0.374 e. The first kappa shape index (κ1) is 18.8. The number of pyridine rings is 1. The van der Waals surface area contributed by atoms with Gasteiger partial charge in [0.2, 0.25) is 5.95 Å². The summed E-state index contributed by atoms with van der Waals surface area (Å²) >= 11 is 0. The van der Waals surface area contributed by atoms with Crippen LogP contribution in [0, 0.1) is 0 Å². The summed E-state index contributed by atoms with van der Waals surface area (Å²) in [5, 5.41) is 1.03. The highest BCUT2D eigenvalue weighted by molar-refractivity contribution is 5.92. The molecule has 7 nitrogen and oxygen atoms in total. The standard InChI is InChI=1S/C25H27N5O2/c1-2-4-16(5-3-1)22-10-23-21(11-26-22)24(29-12-19-8-6-17(29)14-31-19)28-25(27-23)30-13-20-9-7-18(30)15-32-20/h1-5,10-11,17-20H,6-9,12-15H2. The number of hydrogen-bond acceptors (Lipinski definition) is 7. The Hall–Kier alpha value is -2.77. The highest BCUT2D eigenvalue weighted by Crippen LogP contribution is 2.37. The summed E-state index contributed by atoms with van der Waals surface area (Å²) in [6.45, 7) is 3.33. The van der Waals surface area contributed by atoms with Crippen LogP contribution in [-0.4, -0.2) is 65.5 Å². The summed E-state index contributed by atoms with van der Waals surface area (Å²) < 4.78 is 11.9. The van der Waals surface area contributed by atoms with Crippen molar-refractivity contribution in [2.75, 3.05) is 36.1 Å². The Bertz CT molecular complexity index is 1140. The van der Waals surface area contributed by atoms with Crippen molar-refractivity contribution in [2.24, 2.45) is 0 Å². The number of rotatable bonds is 3. The Morgan fingerprint density at radius 3 is 2.16 bits per heavy atom. The lowest BCUT2D eigenvalue weighted by Gasteiger charge is -2.47. The molecule has 1 aromatic carbocycles. The number of aromatic nitrogens is 3. The predicted molar refractivity (Wildman–Crippen MR) is 123 cm³/mol. The van der Waals surface area contributed by atoms with Gasteiger partial charge in [0.05, 0.1) is 54.1 Å². The van der Waals surface area contributed by atoms with Crippen LogP contribution in [-0.2, 0) is 9.47 Å². The molecule has 0 radical (unpaired) electrons. The Morgan fingerprint density at radius 1 is 0.812 bits per heavy atom. The minimum atomic E-state index is 0.291. The lowest BCUT2D eigenvalue weighted by molar-refractivity contribution is -0.0237. The van der Waals surface area contributed by atoms with Gasteiger partial charge in [-0.25, -0.2) is 4.98 Å². The normalized spacial score (nSPS) is 29.1. The molecule has 6 saturated heterocycles. The molecule has 4 atom stereocenters. The van der Waals surface area contributed by atoms with E-state index >= 15 is 0 Å². The second-order valence-corrected chi connectivity index (χ2v) is 9.48. The molecule has 8 heterocycles. The largest absolute Gasteiger partial charge is 0.374 e. The molecule has 6 aliphatic rings. The smallest absolute Gasteiger partial charge is 0.228 e. The predicted octanol–water partition coefficient (Wildman–Crippen LogP) is 3.43. The zero-order valence-corrected chi connectivity index (χ0v) is 18.1. The van der Waals surface area contributed by atoms with E-state index in [2.05, 4.69) is 28.0 Å². The Balaban J connectivity index is 1.37. The summed E-state index contributed by atoms with van der Waals surface area (Å²) in [6, 6.07) is 13.2. The molecule has 4 unspecified atom stereocenters. The van der Waals surface area contributed by atoms with Crippen LogP contribution in [0.2, 0.25) is 0 Å². The zero-order valence-electron chi connectivity index (χ0n) is 18.1. The van der Waals surface area contributed by atoms with Crippen molar-refractivity contribution in [1.82, 2.24) is 15.0 Å². The van der Waals surface area contributed by atoms with Gasteiger partial charge in [-0.2, -0.15) is 4.98 Å². The minimum absolute atomic E-state index is 0.291. The van der Waals surface area contributed by atoms with E-state index in [1.165, 1.54) is 0 Å². The van der Waals surface area contributed by atoms with Crippen molar-refractivity contribution in [3.05, 3.63) is 42.6 Å². The van der Waals surface area contributed by atoms with Gasteiger partial charge in [-0.05, 0) is 31.7 Å². The van der Waals surface area contributed by atoms with Crippen LogP contribution in [0.15, 0.2) is 42.6 Å². The van der Waals surface area contributed by atoms with Gasteiger partial charge in [0.15, 0.2) is 0 Å². The van der Waals surface area contributed by atoms with Crippen LogP contribution in [0.1, 0.15) is 25.7 Å². The van der Waals surface area contributed by atoms with Crippen LogP contribution in [0.25, 0.3) is 22.2 Å². The fraction of sp³-hybridized carbons (Fsp3) is 0.480. The maximum Gasteiger partial charge on any atom is 0.228 e. The van der Waals surface area contributed by atoms with E-state index in [1.54, 1.807) is 0 Å². The van der Waals surface area contributed by atoms with Gasteiger partial charge in [0.1, 0.15) is 5.82 Å². The molecular formula is C25H27N5O2. The molecule has 164 valence electrons. The number of ether oxygens (including phenoxy) is 2. The molecule has 0 N–H and O–H groups in total. The highest BCUT2D eigenvalue weighted by atomic mass is 16.5. The molecular weight excluding hydrogens is 402 g/mol. The van der Waals surface area contributed by atoms with Crippen molar-refractivity contribution in [3.63, 3.8) is 0 Å². The summed E-state index contributed by atoms with van der Waals surface area (Å²) in [7, 11) is 0. The van der Waals surface area contributed by atoms with Crippen molar-refractivity contribution in [2.45, 2.75) is 50.0 Å². The fourth-order valence-corrected chi connectivity index (χ4v) is 5.72. The monoisotopic (exact) mass is 429 g/mol. The molecule has 0 aliphatic carbocycles. The van der Waals surface area contributed by atoms with Gasteiger partial charge < -0.3 is 19.3 Å². The average Bonchev–Trinajstić information content (AvgIpc) is 2.89. The number of morpholine rings is 2.